The van der Waals surface area contributed by atoms with Crippen molar-refractivity contribution in [1.29, 1.82) is 0 Å². The Labute approximate surface area is 127 Å². The van der Waals surface area contributed by atoms with Gasteiger partial charge < -0.3 is 10.2 Å². The molecule has 114 valence electrons. The minimum atomic E-state index is -0.723. The molecule has 2 aliphatic carbocycles. The van der Waals surface area contributed by atoms with Gasteiger partial charge in [0.2, 0.25) is 0 Å². The summed E-state index contributed by atoms with van der Waals surface area (Å²) in [7, 11) is 0. The third-order valence-corrected chi connectivity index (χ3v) is 4.64. The maximum atomic E-state index is 11.5. The van der Waals surface area contributed by atoms with Crippen LogP contribution in [0.2, 0.25) is 0 Å². The van der Waals surface area contributed by atoms with Crippen LogP contribution in [0.5, 0.6) is 0 Å². The van der Waals surface area contributed by atoms with E-state index in [2.05, 4.69) is 23.7 Å². The average molecular weight is 288 g/mol. The quantitative estimate of drug-likeness (QED) is 0.761. The molecule has 3 heteroatoms. The fourth-order valence-electron chi connectivity index (χ4n) is 3.37. The molecule has 0 amide bonds. The van der Waals surface area contributed by atoms with Gasteiger partial charge in [-0.15, -0.1) is 11.8 Å². The topological polar surface area (TPSA) is 57.5 Å². The van der Waals surface area contributed by atoms with Gasteiger partial charge in [-0.05, 0) is 18.3 Å². The Balaban J connectivity index is 1.96. The maximum Gasteiger partial charge on any atom is 0.133 e. The summed E-state index contributed by atoms with van der Waals surface area (Å²) in [5.74, 6) is 12.5. The van der Waals surface area contributed by atoms with Gasteiger partial charge in [-0.3, -0.25) is 4.79 Å². The number of aliphatic hydroxyl groups excluding tert-OH is 2. The van der Waals surface area contributed by atoms with Crippen LogP contribution in [0.25, 0.3) is 0 Å². The molecule has 0 heterocycles. The van der Waals surface area contributed by atoms with Crippen LogP contribution in [0.15, 0.2) is 0 Å². The lowest BCUT2D eigenvalue weighted by molar-refractivity contribution is -0.118. The Morgan fingerprint density at radius 3 is 2.81 bits per heavy atom. The molecule has 2 aliphatic rings. The van der Waals surface area contributed by atoms with E-state index in [0.29, 0.717) is 25.7 Å². The highest BCUT2D eigenvalue weighted by atomic mass is 16.3. The molecule has 2 fully saturated rings. The van der Waals surface area contributed by atoms with Crippen LogP contribution in [-0.4, -0.2) is 28.2 Å². The lowest BCUT2D eigenvalue weighted by Crippen LogP contribution is -2.20. The molecule has 0 aromatic carbocycles. The number of carbonyl (C=O) groups is 1. The summed E-state index contributed by atoms with van der Waals surface area (Å²) >= 11 is 0. The number of hydrogen-bond donors (Lipinski definition) is 2. The highest BCUT2D eigenvalue weighted by Crippen LogP contribution is 2.46. The second-order valence-electron chi connectivity index (χ2n) is 6.32. The predicted molar refractivity (Wildman–Crippen MR) is 81.0 cm³/mol. The summed E-state index contributed by atoms with van der Waals surface area (Å²) in [6.45, 7) is 3.92. The second kappa shape index (κ2) is 7.12. The molecule has 0 aromatic heterocycles. The number of aliphatic hydroxyl groups is 2. The molecule has 0 unspecified atom stereocenters. The predicted octanol–water partition coefficient (Wildman–Crippen LogP) is 1.77. The smallest absolute Gasteiger partial charge is 0.133 e. The molecule has 6 atom stereocenters. The number of rotatable bonds is 2. The second-order valence-corrected chi connectivity index (χ2v) is 6.32. The SMILES string of the molecule is CCC#CC[C@H](C)[C@H](O)C#C[C@@H]1[C@H]2CC(=O)C[C@H]2C[C@H]1O. The zero-order valence-electron chi connectivity index (χ0n) is 12.8. The highest BCUT2D eigenvalue weighted by molar-refractivity contribution is 5.81. The number of carbonyl (C=O) groups excluding carboxylic acids is 1. The fraction of sp³-hybridized carbons (Fsp3) is 0.722. The summed E-state index contributed by atoms with van der Waals surface area (Å²) in [5, 5.41) is 20.2. The number of hydrogen-bond acceptors (Lipinski definition) is 3. The van der Waals surface area contributed by atoms with Crippen LogP contribution in [0.4, 0.5) is 0 Å². The molecule has 2 N–H and O–H groups in total. The number of ketones is 1. The van der Waals surface area contributed by atoms with Gasteiger partial charge in [0, 0.05) is 37.5 Å². The Kier molecular flexibility index (Phi) is 5.45. The van der Waals surface area contributed by atoms with E-state index in [1.807, 2.05) is 13.8 Å². The van der Waals surface area contributed by atoms with Gasteiger partial charge in [-0.25, -0.2) is 0 Å². The fourth-order valence-corrected chi connectivity index (χ4v) is 3.37. The van der Waals surface area contributed by atoms with Gasteiger partial charge >= 0.3 is 0 Å². The third-order valence-electron chi connectivity index (χ3n) is 4.64. The van der Waals surface area contributed by atoms with Crippen molar-refractivity contribution in [3.63, 3.8) is 0 Å². The van der Waals surface area contributed by atoms with E-state index in [0.717, 1.165) is 6.42 Å². The molecule has 0 aliphatic heterocycles. The monoisotopic (exact) mass is 288 g/mol. The summed E-state index contributed by atoms with van der Waals surface area (Å²) in [6, 6.07) is 0. The van der Waals surface area contributed by atoms with Crippen LogP contribution >= 0.6 is 0 Å². The van der Waals surface area contributed by atoms with Crippen LogP contribution in [-0.2, 0) is 4.79 Å². The van der Waals surface area contributed by atoms with E-state index in [1.165, 1.54) is 0 Å². The molecule has 0 saturated heterocycles. The van der Waals surface area contributed by atoms with Gasteiger partial charge in [0.15, 0.2) is 0 Å². The van der Waals surface area contributed by atoms with Gasteiger partial charge in [0.25, 0.3) is 0 Å². The molecule has 0 spiro atoms. The first-order valence-electron chi connectivity index (χ1n) is 7.87. The Morgan fingerprint density at radius 1 is 1.33 bits per heavy atom. The highest BCUT2D eigenvalue weighted by Gasteiger charge is 2.47. The zero-order chi connectivity index (χ0) is 15.4. The Hall–Kier alpha value is -1.29. The zero-order valence-corrected chi connectivity index (χ0v) is 12.8. The van der Waals surface area contributed by atoms with Crippen molar-refractivity contribution in [3.05, 3.63) is 0 Å². The first-order valence-corrected chi connectivity index (χ1v) is 7.87. The first kappa shape index (κ1) is 16.1. The minimum Gasteiger partial charge on any atom is -0.392 e. The van der Waals surface area contributed by atoms with Gasteiger partial charge in [0.1, 0.15) is 11.9 Å². The summed E-state index contributed by atoms with van der Waals surface area (Å²) in [4.78, 5) is 11.5. The van der Waals surface area contributed by atoms with Crippen molar-refractivity contribution in [1.82, 2.24) is 0 Å². The normalized spacial score (nSPS) is 33.4. The van der Waals surface area contributed by atoms with Crippen molar-refractivity contribution < 1.29 is 15.0 Å². The standard InChI is InChI=1S/C18H24O3/c1-3-4-5-6-12(2)17(20)8-7-15-16-11-14(19)9-13(16)10-18(15)21/h12-13,15-18,20-21H,3,6,9-11H2,1-2H3/t12-,13-,15+,16-,17+,18+/m0/s1. The molecule has 0 radical (unpaired) electrons. The van der Waals surface area contributed by atoms with E-state index >= 15 is 0 Å². The molecular weight excluding hydrogens is 264 g/mol. The van der Waals surface area contributed by atoms with Crippen LogP contribution < -0.4 is 0 Å². The van der Waals surface area contributed by atoms with E-state index in [1.54, 1.807) is 0 Å². The van der Waals surface area contributed by atoms with E-state index in [4.69, 9.17) is 0 Å². The maximum absolute atomic E-state index is 11.5. The third kappa shape index (κ3) is 3.88. The lowest BCUT2D eigenvalue weighted by atomic mass is 9.91. The van der Waals surface area contributed by atoms with Gasteiger partial charge in [-0.2, -0.15) is 0 Å². The van der Waals surface area contributed by atoms with Crippen molar-refractivity contribution in [2.45, 2.75) is 58.2 Å². The van der Waals surface area contributed by atoms with Crippen molar-refractivity contribution in [2.24, 2.45) is 23.7 Å². The number of fused-ring (bicyclic) bond motifs is 1. The summed E-state index contributed by atoms with van der Waals surface area (Å²) in [6.07, 6.45) is 2.06. The van der Waals surface area contributed by atoms with Gasteiger partial charge in [0.05, 0.1) is 6.10 Å². The molecule has 0 aromatic rings. The van der Waals surface area contributed by atoms with Crippen LogP contribution in [0, 0.1) is 47.4 Å². The van der Waals surface area contributed by atoms with E-state index < -0.39 is 12.2 Å². The van der Waals surface area contributed by atoms with Crippen molar-refractivity contribution in [2.75, 3.05) is 0 Å². The molecular formula is C18H24O3. The average Bonchev–Trinajstić information content (AvgIpc) is 2.91. The van der Waals surface area contributed by atoms with E-state index in [-0.39, 0.29) is 29.5 Å². The minimum absolute atomic E-state index is 0.00361. The number of Topliss-reactive ketones (excluding diaryl/α,β-unsaturated/α-hetero) is 1. The molecule has 2 rings (SSSR count). The van der Waals surface area contributed by atoms with Crippen LogP contribution in [0.1, 0.15) is 46.0 Å². The largest absolute Gasteiger partial charge is 0.392 e. The molecule has 21 heavy (non-hydrogen) atoms. The van der Waals surface area contributed by atoms with Crippen molar-refractivity contribution in [3.8, 4) is 23.7 Å². The lowest BCUT2D eigenvalue weighted by Gasteiger charge is -2.15. The summed E-state index contributed by atoms with van der Waals surface area (Å²) in [5.41, 5.74) is 0. The van der Waals surface area contributed by atoms with Crippen LogP contribution in [0.3, 0.4) is 0 Å². The molecule has 3 nitrogen and oxygen atoms in total. The Bertz CT molecular complexity index is 502. The molecule has 0 bridgehead atoms. The van der Waals surface area contributed by atoms with E-state index in [9.17, 15) is 15.0 Å². The molecule has 2 saturated carbocycles. The summed E-state index contributed by atoms with van der Waals surface area (Å²) < 4.78 is 0. The van der Waals surface area contributed by atoms with Gasteiger partial charge in [-0.1, -0.05) is 25.7 Å². The first-order chi connectivity index (χ1) is 10.0. The Morgan fingerprint density at radius 2 is 2.10 bits per heavy atom. The van der Waals surface area contributed by atoms with Crippen molar-refractivity contribution >= 4 is 5.78 Å².